The minimum Gasteiger partial charge on any atom is -0.504 e. The van der Waals surface area contributed by atoms with Crippen molar-refractivity contribution in [3.8, 4) is 11.5 Å². The van der Waals surface area contributed by atoms with Crippen molar-refractivity contribution in [2.24, 2.45) is 22.2 Å². The van der Waals surface area contributed by atoms with E-state index in [0.717, 1.165) is 5.56 Å². The van der Waals surface area contributed by atoms with E-state index in [9.17, 15) is 24.6 Å². The van der Waals surface area contributed by atoms with Gasteiger partial charge in [-0.25, -0.2) is 0 Å². The number of aromatic hydroxyl groups is 2. The average molecular weight is 471 g/mol. The molecule has 0 spiro atoms. The molecule has 0 saturated carbocycles. The molecule has 0 saturated heterocycles. The number of benzene rings is 2. The second-order valence-corrected chi connectivity index (χ2v) is 7.72. The third-order valence-electron chi connectivity index (χ3n) is 4.94. The molecule has 2 aromatic rings. The van der Waals surface area contributed by atoms with E-state index in [1.165, 1.54) is 18.2 Å². The van der Waals surface area contributed by atoms with Gasteiger partial charge in [-0.3, -0.25) is 19.4 Å². The quantitative estimate of drug-likeness (QED) is 0.0926. The van der Waals surface area contributed by atoms with Gasteiger partial charge in [0.05, 0.1) is 6.42 Å². The van der Waals surface area contributed by atoms with E-state index in [2.05, 4.69) is 15.6 Å². The Balaban J connectivity index is 2.09. The Labute approximate surface area is 197 Å². The maximum absolute atomic E-state index is 13.0. The third kappa shape index (κ3) is 8.69. The highest BCUT2D eigenvalue weighted by Crippen LogP contribution is 2.25. The number of hydrogen-bond acceptors (Lipinski definition) is 6. The molecule has 182 valence electrons. The number of rotatable bonds is 12. The lowest BCUT2D eigenvalue weighted by molar-refractivity contribution is -0.131. The molecule has 11 heteroatoms. The lowest BCUT2D eigenvalue weighted by atomic mass is 10.0. The van der Waals surface area contributed by atoms with Crippen LogP contribution >= 0.6 is 0 Å². The summed E-state index contributed by atoms with van der Waals surface area (Å²) in [6.45, 7) is 0.247. The molecule has 10 N–H and O–H groups in total. The number of hydrogen-bond donors (Lipinski definition) is 7. The number of primary amides is 1. The molecule has 0 bridgehead atoms. The predicted octanol–water partition coefficient (Wildman–Crippen LogP) is -0.608. The number of nitrogens with two attached hydrogens (primary N) is 3. The van der Waals surface area contributed by atoms with Crippen LogP contribution in [0.4, 0.5) is 0 Å². The molecular formula is C23H30N6O5. The molecule has 0 aliphatic carbocycles. The van der Waals surface area contributed by atoms with Crippen LogP contribution in [0.15, 0.2) is 53.5 Å². The molecular weight excluding hydrogens is 440 g/mol. The summed E-state index contributed by atoms with van der Waals surface area (Å²) in [7, 11) is 0. The lowest BCUT2D eigenvalue weighted by Gasteiger charge is -2.22. The molecule has 11 nitrogen and oxygen atoms in total. The number of carbonyl (C=O) groups excluding carboxylic acids is 3. The van der Waals surface area contributed by atoms with Gasteiger partial charge in [-0.1, -0.05) is 36.4 Å². The van der Waals surface area contributed by atoms with Crippen LogP contribution in [0.1, 0.15) is 24.0 Å². The smallest absolute Gasteiger partial charge is 0.243 e. The topological polar surface area (TPSA) is 206 Å². The fourth-order valence-electron chi connectivity index (χ4n) is 3.23. The Morgan fingerprint density at radius 1 is 0.882 bits per heavy atom. The van der Waals surface area contributed by atoms with Gasteiger partial charge in [-0.15, -0.1) is 0 Å². The number of amides is 3. The summed E-state index contributed by atoms with van der Waals surface area (Å²) in [5, 5.41) is 24.3. The molecule has 0 unspecified atom stereocenters. The second kappa shape index (κ2) is 12.7. The van der Waals surface area contributed by atoms with E-state index in [1.54, 1.807) is 0 Å². The van der Waals surface area contributed by atoms with Crippen LogP contribution in [0, 0.1) is 0 Å². The fourth-order valence-corrected chi connectivity index (χ4v) is 3.23. The van der Waals surface area contributed by atoms with E-state index in [0.29, 0.717) is 12.0 Å². The highest BCUT2D eigenvalue weighted by atomic mass is 16.3. The summed E-state index contributed by atoms with van der Waals surface area (Å²) in [5.74, 6) is -2.53. The Kier molecular flexibility index (Phi) is 9.69. The van der Waals surface area contributed by atoms with Gasteiger partial charge < -0.3 is 38.0 Å². The molecule has 2 aromatic carbocycles. The van der Waals surface area contributed by atoms with E-state index in [4.69, 9.17) is 17.2 Å². The monoisotopic (exact) mass is 470 g/mol. The van der Waals surface area contributed by atoms with Gasteiger partial charge in [0.25, 0.3) is 0 Å². The number of guanidine groups is 1. The van der Waals surface area contributed by atoms with Crippen molar-refractivity contribution < 1.29 is 24.6 Å². The largest absolute Gasteiger partial charge is 0.504 e. The van der Waals surface area contributed by atoms with Crippen LogP contribution in [-0.2, 0) is 27.2 Å². The van der Waals surface area contributed by atoms with Gasteiger partial charge >= 0.3 is 0 Å². The number of nitrogens with one attached hydrogen (secondary N) is 2. The van der Waals surface area contributed by atoms with E-state index in [-0.39, 0.29) is 43.3 Å². The minimum atomic E-state index is -0.981. The zero-order valence-electron chi connectivity index (χ0n) is 18.6. The van der Waals surface area contributed by atoms with Gasteiger partial charge in [0.2, 0.25) is 17.7 Å². The lowest BCUT2D eigenvalue weighted by Crippen LogP contribution is -2.53. The van der Waals surface area contributed by atoms with Gasteiger partial charge in [0.1, 0.15) is 12.1 Å². The Morgan fingerprint density at radius 2 is 1.59 bits per heavy atom. The first kappa shape index (κ1) is 26.0. The molecule has 0 aliphatic rings. The molecule has 3 amide bonds. The van der Waals surface area contributed by atoms with Gasteiger partial charge in [0, 0.05) is 13.0 Å². The van der Waals surface area contributed by atoms with E-state index < -0.39 is 29.8 Å². The van der Waals surface area contributed by atoms with Crippen LogP contribution < -0.4 is 27.8 Å². The molecule has 0 fully saturated rings. The van der Waals surface area contributed by atoms with Crippen molar-refractivity contribution in [3.05, 3.63) is 59.7 Å². The first-order valence-electron chi connectivity index (χ1n) is 10.6. The SMILES string of the molecule is NC(=O)[C@H](Cc1ccccc1)NC(=O)[C@H](CCCN=C(N)N)NC(=O)Cc1ccc(O)c(O)c1. The van der Waals surface area contributed by atoms with Crippen molar-refractivity contribution in [2.75, 3.05) is 6.54 Å². The fraction of sp³-hybridized carbons (Fsp3) is 0.304. The summed E-state index contributed by atoms with van der Waals surface area (Å²) in [5.41, 5.74) is 17.4. The van der Waals surface area contributed by atoms with E-state index in [1.807, 2.05) is 30.3 Å². The van der Waals surface area contributed by atoms with Crippen LogP contribution in [0.5, 0.6) is 11.5 Å². The van der Waals surface area contributed by atoms with Crippen LogP contribution in [0.2, 0.25) is 0 Å². The van der Waals surface area contributed by atoms with Gasteiger partial charge in [0.15, 0.2) is 17.5 Å². The predicted molar refractivity (Wildman–Crippen MR) is 127 cm³/mol. The summed E-state index contributed by atoms with van der Waals surface area (Å²) in [4.78, 5) is 41.4. The number of aliphatic imine (C=N–C) groups is 1. The number of phenols is 2. The standard InChI is InChI=1S/C23H30N6O5/c24-21(33)17(11-14-5-2-1-3-6-14)29-22(34)16(7-4-10-27-23(25)26)28-20(32)13-15-8-9-18(30)19(31)12-15/h1-3,5-6,8-9,12,16-17,30-31H,4,7,10-11,13H2,(H2,24,33)(H,28,32)(H,29,34)(H4,25,26,27)/t16-,17-/m0/s1. The molecule has 0 heterocycles. The number of phenolic OH excluding ortho intramolecular Hbond substituents is 2. The second-order valence-electron chi connectivity index (χ2n) is 7.72. The Hall–Kier alpha value is -4.28. The van der Waals surface area contributed by atoms with Crippen LogP contribution in [-0.4, -0.2) is 52.5 Å². The van der Waals surface area contributed by atoms with Crippen molar-refractivity contribution in [1.82, 2.24) is 10.6 Å². The molecule has 2 rings (SSSR count). The summed E-state index contributed by atoms with van der Waals surface area (Å²) < 4.78 is 0. The average Bonchev–Trinajstić information content (AvgIpc) is 2.78. The molecule has 34 heavy (non-hydrogen) atoms. The zero-order valence-corrected chi connectivity index (χ0v) is 18.6. The molecule has 2 atom stereocenters. The highest BCUT2D eigenvalue weighted by molar-refractivity contribution is 5.92. The Bertz CT molecular complexity index is 1020. The minimum absolute atomic E-state index is 0.0890. The molecule has 0 aliphatic heterocycles. The van der Waals surface area contributed by atoms with Crippen molar-refractivity contribution >= 4 is 23.7 Å². The van der Waals surface area contributed by atoms with Crippen molar-refractivity contribution in [3.63, 3.8) is 0 Å². The molecule has 0 aromatic heterocycles. The number of nitrogens with zero attached hydrogens (tertiary/aromatic N) is 1. The highest BCUT2D eigenvalue weighted by Gasteiger charge is 2.25. The zero-order chi connectivity index (χ0) is 25.1. The first-order valence-corrected chi connectivity index (χ1v) is 10.6. The number of carbonyl (C=O) groups is 3. The van der Waals surface area contributed by atoms with Crippen molar-refractivity contribution in [2.45, 2.75) is 37.8 Å². The summed E-state index contributed by atoms with van der Waals surface area (Å²) in [6.07, 6.45) is 0.639. The van der Waals surface area contributed by atoms with E-state index >= 15 is 0 Å². The summed E-state index contributed by atoms with van der Waals surface area (Å²) >= 11 is 0. The summed E-state index contributed by atoms with van der Waals surface area (Å²) in [6, 6.07) is 11.1. The van der Waals surface area contributed by atoms with Gasteiger partial charge in [-0.2, -0.15) is 0 Å². The maximum atomic E-state index is 13.0. The Morgan fingerprint density at radius 3 is 2.21 bits per heavy atom. The van der Waals surface area contributed by atoms with Gasteiger partial charge in [-0.05, 0) is 36.1 Å². The third-order valence-corrected chi connectivity index (χ3v) is 4.94. The maximum Gasteiger partial charge on any atom is 0.243 e. The van der Waals surface area contributed by atoms with Crippen LogP contribution in [0.25, 0.3) is 0 Å². The normalized spacial score (nSPS) is 12.2. The molecule has 0 radical (unpaired) electrons. The first-order chi connectivity index (χ1) is 16.2. The van der Waals surface area contributed by atoms with Crippen molar-refractivity contribution in [1.29, 1.82) is 0 Å². The van der Waals surface area contributed by atoms with Crippen LogP contribution in [0.3, 0.4) is 0 Å².